The highest BCUT2D eigenvalue weighted by Gasteiger charge is 2.33. The van der Waals surface area contributed by atoms with Gasteiger partial charge in [0.15, 0.2) is 0 Å². The molecule has 0 saturated carbocycles. The zero-order valence-corrected chi connectivity index (χ0v) is 16.2. The molecule has 6 heteroatoms. The fourth-order valence-corrected chi connectivity index (χ4v) is 3.17. The van der Waals surface area contributed by atoms with E-state index in [9.17, 15) is 9.59 Å². The van der Waals surface area contributed by atoms with Crippen molar-refractivity contribution in [2.45, 2.75) is 26.2 Å². The third-order valence-corrected chi connectivity index (χ3v) is 4.79. The maximum atomic E-state index is 13.1. The number of halogens is 1. The Morgan fingerprint density at radius 1 is 1.19 bits per heavy atom. The van der Waals surface area contributed by atoms with Crippen molar-refractivity contribution >= 4 is 40.1 Å². The summed E-state index contributed by atoms with van der Waals surface area (Å²) in [6, 6.07) is 12.3. The average molecular weight is 385 g/mol. The molecule has 0 atom stereocenters. The largest absolute Gasteiger partial charge is 0.462 e. The third-order valence-electron chi connectivity index (χ3n) is 4.56. The Morgan fingerprint density at radius 2 is 1.93 bits per heavy atom. The van der Waals surface area contributed by atoms with Crippen LogP contribution in [0.4, 0.5) is 5.69 Å². The number of anilines is 1. The van der Waals surface area contributed by atoms with Crippen LogP contribution in [0.25, 0.3) is 10.9 Å². The second-order valence-corrected chi connectivity index (χ2v) is 7.17. The third kappa shape index (κ3) is 3.69. The van der Waals surface area contributed by atoms with Crippen molar-refractivity contribution in [3.8, 4) is 0 Å². The number of amides is 1. The number of esters is 1. The molecule has 0 aliphatic heterocycles. The Labute approximate surface area is 162 Å². The van der Waals surface area contributed by atoms with Crippen LogP contribution in [0.15, 0.2) is 48.7 Å². The number of benzene rings is 2. The molecule has 2 N–H and O–H groups in total. The number of nitrogens with one attached hydrogen (secondary N) is 2. The van der Waals surface area contributed by atoms with Gasteiger partial charge in [-0.15, -0.1) is 0 Å². The van der Waals surface area contributed by atoms with E-state index in [0.29, 0.717) is 16.3 Å². The zero-order valence-electron chi connectivity index (χ0n) is 15.4. The van der Waals surface area contributed by atoms with Crippen LogP contribution in [0.3, 0.4) is 0 Å². The van der Waals surface area contributed by atoms with Gasteiger partial charge in [0.05, 0.1) is 23.3 Å². The molecule has 0 unspecified atom stereocenters. The molecule has 5 nitrogen and oxygen atoms in total. The number of fused-ring (bicyclic) bond motifs is 1. The van der Waals surface area contributed by atoms with E-state index in [1.54, 1.807) is 37.3 Å². The maximum absolute atomic E-state index is 13.1. The monoisotopic (exact) mass is 384 g/mol. The lowest BCUT2D eigenvalue weighted by molar-refractivity contribution is -0.120. The molecule has 3 aromatic rings. The number of aromatic nitrogens is 1. The molecule has 27 heavy (non-hydrogen) atoms. The summed E-state index contributed by atoms with van der Waals surface area (Å²) in [5.41, 5.74) is 1.63. The Kier molecular flexibility index (Phi) is 5.24. The molecule has 1 heterocycles. The number of carbonyl (C=O) groups is 2. The summed E-state index contributed by atoms with van der Waals surface area (Å²) in [6.45, 7) is 5.69. The lowest BCUT2D eigenvalue weighted by Gasteiger charge is -2.24. The summed E-state index contributed by atoms with van der Waals surface area (Å²) in [5.74, 6) is -0.692. The van der Waals surface area contributed by atoms with Crippen molar-refractivity contribution in [2.75, 3.05) is 11.9 Å². The molecular weight excluding hydrogens is 364 g/mol. The number of rotatable bonds is 5. The molecule has 140 valence electrons. The Bertz CT molecular complexity index is 1010. The van der Waals surface area contributed by atoms with Crippen LogP contribution in [0, 0.1) is 0 Å². The molecule has 0 fully saturated rings. The summed E-state index contributed by atoms with van der Waals surface area (Å²) in [7, 11) is 0. The van der Waals surface area contributed by atoms with Crippen molar-refractivity contribution in [2.24, 2.45) is 0 Å². The van der Waals surface area contributed by atoms with Crippen molar-refractivity contribution in [3.63, 3.8) is 0 Å². The number of ether oxygens (including phenoxy) is 1. The number of carbonyl (C=O) groups excluding carboxylic acids is 2. The van der Waals surface area contributed by atoms with E-state index in [1.807, 2.05) is 32.2 Å². The molecule has 2 aromatic carbocycles. The van der Waals surface area contributed by atoms with Gasteiger partial charge in [-0.2, -0.15) is 0 Å². The van der Waals surface area contributed by atoms with Crippen LogP contribution < -0.4 is 5.32 Å². The van der Waals surface area contributed by atoms with Crippen LogP contribution in [0.5, 0.6) is 0 Å². The second-order valence-electron chi connectivity index (χ2n) is 6.74. The first kappa shape index (κ1) is 19.0. The smallest absolute Gasteiger partial charge is 0.340 e. The quantitative estimate of drug-likeness (QED) is 0.613. The van der Waals surface area contributed by atoms with Gasteiger partial charge in [-0.05, 0) is 50.6 Å². The molecule has 0 radical (unpaired) electrons. The molecule has 1 amide bonds. The highest BCUT2D eigenvalue weighted by Crippen LogP contribution is 2.33. The van der Waals surface area contributed by atoms with Gasteiger partial charge in [0.1, 0.15) is 0 Å². The van der Waals surface area contributed by atoms with Crippen LogP contribution in [-0.4, -0.2) is 23.5 Å². The lowest BCUT2D eigenvalue weighted by Crippen LogP contribution is -2.35. The predicted molar refractivity (Wildman–Crippen MR) is 107 cm³/mol. The average Bonchev–Trinajstić information content (AvgIpc) is 3.06. The van der Waals surface area contributed by atoms with Gasteiger partial charge in [0.2, 0.25) is 5.91 Å². The number of hydrogen-bond acceptors (Lipinski definition) is 3. The normalized spacial score (nSPS) is 11.4. The first-order valence-corrected chi connectivity index (χ1v) is 9.07. The lowest BCUT2D eigenvalue weighted by atomic mass is 9.83. The molecule has 0 saturated heterocycles. The minimum atomic E-state index is -0.839. The fraction of sp³-hybridized carbons (Fsp3) is 0.238. The molecule has 0 aliphatic carbocycles. The van der Waals surface area contributed by atoms with Gasteiger partial charge in [-0.3, -0.25) is 4.79 Å². The standard InChI is InChI=1S/C21H21ClN2O3/c1-4-27-19(25)15-7-5-6-8-17(15)24-20(26)21(2,3)16-12-23-18-11-13(22)9-10-14(16)18/h5-12,23H,4H2,1-3H3,(H,24,26). The molecule has 1 aromatic heterocycles. The van der Waals surface area contributed by atoms with Gasteiger partial charge in [0.25, 0.3) is 0 Å². The van der Waals surface area contributed by atoms with E-state index in [4.69, 9.17) is 16.3 Å². The van der Waals surface area contributed by atoms with Gasteiger partial charge in [-0.1, -0.05) is 29.8 Å². The summed E-state index contributed by atoms with van der Waals surface area (Å²) >= 11 is 6.04. The van der Waals surface area contributed by atoms with Gasteiger partial charge in [0, 0.05) is 22.1 Å². The highest BCUT2D eigenvalue weighted by atomic mass is 35.5. The van der Waals surface area contributed by atoms with Crippen molar-refractivity contribution in [1.82, 2.24) is 4.98 Å². The number of H-pyrrole nitrogens is 1. The summed E-state index contributed by atoms with van der Waals surface area (Å²) in [5, 5.41) is 4.43. The summed E-state index contributed by atoms with van der Waals surface area (Å²) < 4.78 is 5.07. The van der Waals surface area contributed by atoms with E-state index in [2.05, 4.69) is 10.3 Å². The van der Waals surface area contributed by atoms with Crippen molar-refractivity contribution in [3.05, 3.63) is 64.8 Å². The van der Waals surface area contributed by atoms with E-state index in [1.165, 1.54) is 0 Å². The first-order valence-electron chi connectivity index (χ1n) is 8.69. The van der Waals surface area contributed by atoms with E-state index >= 15 is 0 Å². The molecule has 0 spiro atoms. The topological polar surface area (TPSA) is 71.2 Å². The predicted octanol–water partition coefficient (Wildman–Crippen LogP) is 4.91. The van der Waals surface area contributed by atoms with E-state index in [0.717, 1.165) is 16.5 Å². The minimum absolute atomic E-state index is 0.227. The van der Waals surface area contributed by atoms with Crippen LogP contribution in [0.2, 0.25) is 5.02 Å². The van der Waals surface area contributed by atoms with Crippen LogP contribution in [0.1, 0.15) is 36.7 Å². The number of hydrogen-bond donors (Lipinski definition) is 2. The molecule has 0 bridgehead atoms. The highest BCUT2D eigenvalue weighted by molar-refractivity contribution is 6.31. The molecule has 0 aliphatic rings. The summed E-state index contributed by atoms with van der Waals surface area (Å²) in [4.78, 5) is 28.4. The van der Waals surface area contributed by atoms with Gasteiger partial charge >= 0.3 is 5.97 Å². The SMILES string of the molecule is CCOC(=O)c1ccccc1NC(=O)C(C)(C)c1c[nH]c2cc(Cl)ccc12. The summed E-state index contributed by atoms with van der Waals surface area (Å²) in [6.07, 6.45) is 1.82. The Hall–Kier alpha value is -2.79. The van der Waals surface area contributed by atoms with Crippen molar-refractivity contribution < 1.29 is 14.3 Å². The van der Waals surface area contributed by atoms with Crippen LogP contribution >= 0.6 is 11.6 Å². The van der Waals surface area contributed by atoms with Gasteiger partial charge in [-0.25, -0.2) is 4.79 Å². The number of para-hydroxylation sites is 1. The fourth-order valence-electron chi connectivity index (χ4n) is 3.00. The van der Waals surface area contributed by atoms with E-state index in [-0.39, 0.29) is 12.5 Å². The zero-order chi connectivity index (χ0) is 19.6. The second kappa shape index (κ2) is 7.45. The number of aromatic amines is 1. The Morgan fingerprint density at radius 3 is 2.67 bits per heavy atom. The van der Waals surface area contributed by atoms with Gasteiger partial charge < -0.3 is 15.0 Å². The Balaban J connectivity index is 1.92. The molecular formula is C21H21ClN2O3. The maximum Gasteiger partial charge on any atom is 0.340 e. The molecule has 3 rings (SSSR count). The van der Waals surface area contributed by atoms with E-state index < -0.39 is 11.4 Å². The first-order chi connectivity index (χ1) is 12.8. The van der Waals surface area contributed by atoms with Crippen molar-refractivity contribution in [1.29, 1.82) is 0 Å². The van der Waals surface area contributed by atoms with Crippen LogP contribution in [-0.2, 0) is 14.9 Å². The minimum Gasteiger partial charge on any atom is -0.462 e.